The number of fused-ring (bicyclic) bond motifs is 9. The molecule has 0 N–H and O–H groups in total. The lowest BCUT2D eigenvalue weighted by Gasteiger charge is -2.10. The minimum absolute atomic E-state index is 0.682. The number of hydrogen-bond acceptors (Lipinski definition) is 3. The van der Waals surface area contributed by atoms with Crippen molar-refractivity contribution in [1.29, 1.82) is 0 Å². The Morgan fingerprint density at radius 1 is 0.457 bits per heavy atom. The van der Waals surface area contributed by atoms with E-state index in [1.54, 1.807) is 11.3 Å². The summed E-state index contributed by atoms with van der Waals surface area (Å²) >= 11 is 1.77. The van der Waals surface area contributed by atoms with E-state index in [-0.39, 0.29) is 0 Å². The van der Waals surface area contributed by atoms with E-state index >= 15 is 0 Å². The SMILES string of the molecule is c1ccc(-c2ccc3sc4c(-c5ccccc5)nc(-n5c6cc7ccccc7cc6c6c7ccccc7ccc65)nc4c3c2)cc1. The van der Waals surface area contributed by atoms with Gasteiger partial charge in [0.2, 0.25) is 5.95 Å². The first kappa shape index (κ1) is 25.5. The summed E-state index contributed by atoms with van der Waals surface area (Å²) in [7, 11) is 0. The molecule has 3 heterocycles. The molecule has 0 atom stereocenters. The zero-order valence-corrected chi connectivity index (χ0v) is 25.5. The molecule has 3 nitrogen and oxygen atoms in total. The molecule has 4 heteroatoms. The molecule has 0 radical (unpaired) electrons. The minimum atomic E-state index is 0.682. The van der Waals surface area contributed by atoms with E-state index in [0.717, 1.165) is 37.9 Å². The van der Waals surface area contributed by atoms with Crippen molar-refractivity contribution in [3.05, 3.63) is 152 Å². The third-order valence-electron chi connectivity index (χ3n) is 9.18. The number of aromatic nitrogens is 3. The maximum absolute atomic E-state index is 5.45. The first-order chi connectivity index (χ1) is 22.8. The summed E-state index contributed by atoms with van der Waals surface area (Å²) < 4.78 is 4.59. The topological polar surface area (TPSA) is 30.7 Å². The van der Waals surface area contributed by atoms with E-state index in [2.05, 4.69) is 156 Å². The predicted octanol–water partition coefficient (Wildman–Crippen LogP) is 11.6. The van der Waals surface area contributed by atoms with Crippen molar-refractivity contribution in [1.82, 2.24) is 14.5 Å². The van der Waals surface area contributed by atoms with Gasteiger partial charge in [-0.1, -0.05) is 121 Å². The van der Waals surface area contributed by atoms with Crippen molar-refractivity contribution < 1.29 is 0 Å². The highest BCUT2D eigenvalue weighted by Gasteiger charge is 2.21. The second-order valence-corrected chi connectivity index (χ2v) is 12.9. The quantitative estimate of drug-likeness (QED) is 0.201. The lowest BCUT2D eigenvalue weighted by atomic mass is 10.0. The van der Waals surface area contributed by atoms with Gasteiger partial charge >= 0.3 is 0 Å². The fourth-order valence-corrected chi connectivity index (χ4v) is 8.16. The largest absolute Gasteiger partial charge is 0.278 e. The van der Waals surface area contributed by atoms with Gasteiger partial charge in [-0.2, -0.15) is 0 Å². The van der Waals surface area contributed by atoms with Gasteiger partial charge < -0.3 is 0 Å². The molecular formula is C42H25N3S. The highest BCUT2D eigenvalue weighted by Crippen LogP contribution is 2.42. The van der Waals surface area contributed by atoms with Crippen LogP contribution in [0.4, 0.5) is 0 Å². The smallest absolute Gasteiger partial charge is 0.235 e. The standard InChI is InChI=1S/C42H25N3S/c1-3-11-26(12-4-1)31-20-22-37-34(24-31)40-41(46-37)39(28-14-5-2-6-15-28)43-42(44-40)45-35-21-19-27-13-9-10-18-32(27)38(35)33-23-29-16-7-8-17-30(29)25-36(33)45/h1-25H. The minimum Gasteiger partial charge on any atom is -0.278 e. The maximum Gasteiger partial charge on any atom is 0.235 e. The Balaban J connectivity index is 1.36. The van der Waals surface area contributed by atoms with Gasteiger partial charge in [-0.3, -0.25) is 4.57 Å². The molecule has 0 unspecified atom stereocenters. The van der Waals surface area contributed by atoms with Crippen molar-refractivity contribution >= 4 is 75.0 Å². The van der Waals surface area contributed by atoms with Gasteiger partial charge in [0, 0.05) is 26.4 Å². The second kappa shape index (κ2) is 9.83. The molecule has 7 aromatic carbocycles. The van der Waals surface area contributed by atoms with E-state index in [0.29, 0.717) is 5.95 Å². The molecule has 214 valence electrons. The Morgan fingerprint density at radius 3 is 1.96 bits per heavy atom. The van der Waals surface area contributed by atoms with Crippen molar-refractivity contribution in [2.75, 3.05) is 0 Å². The van der Waals surface area contributed by atoms with Crippen LogP contribution in [0.1, 0.15) is 0 Å². The van der Waals surface area contributed by atoms with Crippen LogP contribution in [0, 0.1) is 0 Å². The third kappa shape index (κ3) is 3.77. The molecule has 0 saturated heterocycles. The van der Waals surface area contributed by atoms with Gasteiger partial charge in [-0.15, -0.1) is 11.3 Å². The predicted molar refractivity (Wildman–Crippen MR) is 195 cm³/mol. The Hall–Kier alpha value is -5.84. The molecule has 0 saturated carbocycles. The van der Waals surface area contributed by atoms with E-state index < -0.39 is 0 Å². The molecule has 0 aliphatic carbocycles. The van der Waals surface area contributed by atoms with Gasteiger partial charge in [-0.05, 0) is 63.0 Å². The van der Waals surface area contributed by atoms with Crippen LogP contribution in [-0.4, -0.2) is 14.5 Å². The van der Waals surface area contributed by atoms with E-state index in [9.17, 15) is 0 Å². The fraction of sp³-hybridized carbons (Fsp3) is 0. The molecule has 3 aromatic heterocycles. The van der Waals surface area contributed by atoms with Crippen molar-refractivity contribution in [3.8, 4) is 28.3 Å². The summed E-state index contributed by atoms with van der Waals surface area (Å²) in [5.41, 5.74) is 7.62. The molecule has 0 fully saturated rings. The lowest BCUT2D eigenvalue weighted by Crippen LogP contribution is -2.02. The van der Waals surface area contributed by atoms with Gasteiger partial charge in [0.1, 0.15) is 0 Å². The highest BCUT2D eigenvalue weighted by molar-refractivity contribution is 7.26. The van der Waals surface area contributed by atoms with Crippen LogP contribution in [-0.2, 0) is 0 Å². The van der Waals surface area contributed by atoms with E-state index in [1.807, 2.05) is 0 Å². The van der Waals surface area contributed by atoms with Crippen molar-refractivity contribution in [2.24, 2.45) is 0 Å². The summed E-state index contributed by atoms with van der Waals surface area (Å²) in [4.78, 5) is 10.9. The van der Waals surface area contributed by atoms with Crippen LogP contribution >= 0.6 is 11.3 Å². The Morgan fingerprint density at radius 2 is 1.15 bits per heavy atom. The van der Waals surface area contributed by atoms with E-state index in [4.69, 9.17) is 9.97 Å². The second-order valence-electron chi connectivity index (χ2n) is 11.8. The molecule has 10 rings (SSSR count). The summed E-state index contributed by atoms with van der Waals surface area (Å²) in [6.45, 7) is 0. The number of rotatable bonds is 3. The Bertz CT molecular complexity index is 2790. The maximum atomic E-state index is 5.45. The van der Waals surface area contributed by atoms with Crippen molar-refractivity contribution in [2.45, 2.75) is 0 Å². The normalized spacial score (nSPS) is 11.9. The van der Waals surface area contributed by atoms with Gasteiger partial charge in [-0.25, -0.2) is 9.97 Å². The van der Waals surface area contributed by atoms with Crippen LogP contribution in [0.15, 0.2) is 152 Å². The molecule has 0 amide bonds. The molecule has 0 aliphatic rings. The van der Waals surface area contributed by atoms with Crippen LogP contribution in [0.2, 0.25) is 0 Å². The van der Waals surface area contributed by atoms with Gasteiger partial charge in [0.05, 0.1) is 26.9 Å². The Kier molecular flexibility index (Phi) is 5.45. The number of thiophene rings is 1. The van der Waals surface area contributed by atoms with Gasteiger partial charge in [0.25, 0.3) is 0 Å². The number of benzene rings is 7. The number of hydrogen-bond donors (Lipinski definition) is 0. The number of nitrogens with zero attached hydrogens (tertiary/aromatic N) is 3. The van der Waals surface area contributed by atoms with Crippen molar-refractivity contribution in [3.63, 3.8) is 0 Å². The first-order valence-corrected chi connectivity index (χ1v) is 16.3. The summed E-state index contributed by atoms with van der Waals surface area (Å²) in [5.74, 6) is 0.682. The first-order valence-electron chi connectivity index (χ1n) is 15.5. The zero-order chi connectivity index (χ0) is 30.2. The third-order valence-corrected chi connectivity index (χ3v) is 10.3. The van der Waals surface area contributed by atoms with E-state index in [1.165, 1.54) is 48.1 Å². The van der Waals surface area contributed by atoms with Crippen LogP contribution in [0.25, 0.3) is 92.0 Å². The molecule has 0 spiro atoms. The van der Waals surface area contributed by atoms with Gasteiger partial charge in [0.15, 0.2) is 0 Å². The molecule has 0 aliphatic heterocycles. The lowest BCUT2D eigenvalue weighted by molar-refractivity contribution is 1.02. The molecule has 10 aromatic rings. The monoisotopic (exact) mass is 603 g/mol. The molecular weight excluding hydrogens is 579 g/mol. The van der Waals surface area contributed by atoms with Crippen LogP contribution in [0.5, 0.6) is 0 Å². The summed E-state index contributed by atoms with van der Waals surface area (Å²) in [5, 5.41) is 8.46. The summed E-state index contributed by atoms with van der Waals surface area (Å²) in [6.07, 6.45) is 0. The zero-order valence-electron chi connectivity index (χ0n) is 24.7. The Labute approximate surface area is 268 Å². The average Bonchev–Trinajstić information content (AvgIpc) is 3.66. The fourth-order valence-electron chi connectivity index (χ4n) is 7.02. The molecule has 0 bridgehead atoms. The van der Waals surface area contributed by atoms with Crippen LogP contribution < -0.4 is 0 Å². The average molecular weight is 604 g/mol. The van der Waals surface area contributed by atoms with Crippen LogP contribution in [0.3, 0.4) is 0 Å². The highest BCUT2D eigenvalue weighted by atomic mass is 32.1. The summed E-state index contributed by atoms with van der Waals surface area (Å²) in [6, 6.07) is 54.2. The molecule has 46 heavy (non-hydrogen) atoms.